The van der Waals surface area contributed by atoms with Crippen LogP contribution in [0.1, 0.15) is 37.3 Å². The third-order valence-electron chi connectivity index (χ3n) is 3.23. The third kappa shape index (κ3) is 2.55. The molecule has 1 fully saturated rings. The van der Waals surface area contributed by atoms with Crippen LogP contribution in [0.3, 0.4) is 0 Å². The van der Waals surface area contributed by atoms with E-state index in [4.69, 9.17) is 17.3 Å². The molecule has 0 heterocycles. The van der Waals surface area contributed by atoms with E-state index in [1.807, 2.05) is 18.2 Å². The maximum atomic E-state index is 6.28. The van der Waals surface area contributed by atoms with Crippen molar-refractivity contribution in [2.45, 2.75) is 31.7 Å². The van der Waals surface area contributed by atoms with E-state index in [2.05, 4.69) is 15.9 Å². The standard InChI is InChI=1S/C12H15BrClN/c13-11-7-9(14)5-6-10(11)12(15)8-3-1-2-4-8/h5-8,12H,1-4,15H2. The molecule has 1 aromatic rings. The minimum Gasteiger partial charge on any atom is -0.324 e. The summed E-state index contributed by atoms with van der Waals surface area (Å²) in [5.74, 6) is 0.641. The summed E-state index contributed by atoms with van der Waals surface area (Å²) in [6.07, 6.45) is 5.17. The van der Waals surface area contributed by atoms with Gasteiger partial charge in [-0.1, -0.05) is 46.4 Å². The molecule has 1 saturated carbocycles. The number of benzene rings is 1. The Kier molecular flexibility index (Phi) is 3.70. The van der Waals surface area contributed by atoms with Crippen LogP contribution in [0.15, 0.2) is 22.7 Å². The number of hydrogen-bond donors (Lipinski definition) is 1. The summed E-state index contributed by atoms with van der Waals surface area (Å²) in [6.45, 7) is 0. The van der Waals surface area contributed by atoms with Crippen LogP contribution in [-0.4, -0.2) is 0 Å². The predicted molar refractivity (Wildman–Crippen MR) is 68.0 cm³/mol. The van der Waals surface area contributed by atoms with Crippen LogP contribution in [0, 0.1) is 5.92 Å². The molecule has 0 radical (unpaired) electrons. The molecule has 0 spiro atoms. The van der Waals surface area contributed by atoms with Crippen molar-refractivity contribution in [3.05, 3.63) is 33.3 Å². The average Bonchev–Trinajstić information content (AvgIpc) is 2.69. The Balaban J connectivity index is 2.20. The van der Waals surface area contributed by atoms with Gasteiger partial charge in [-0.05, 0) is 36.5 Å². The van der Waals surface area contributed by atoms with E-state index in [1.54, 1.807) is 0 Å². The van der Waals surface area contributed by atoms with Gasteiger partial charge in [-0.15, -0.1) is 0 Å². The molecule has 2 N–H and O–H groups in total. The van der Waals surface area contributed by atoms with Gasteiger partial charge in [0, 0.05) is 15.5 Å². The predicted octanol–water partition coefficient (Wildman–Crippen LogP) is 4.29. The summed E-state index contributed by atoms with van der Waals surface area (Å²) >= 11 is 9.44. The van der Waals surface area contributed by atoms with Gasteiger partial charge in [0.2, 0.25) is 0 Å². The highest BCUT2D eigenvalue weighted by Gasteiger charge is 2.24. The lowest BCUT2D eigenvalue weighted by Crippen LogP contribution is -2.19. The molecule has 15 heavy (non-hydrogen) atoms. The van der Waals surface area contributed by atoms with Crippen molar-refractivity contribution in [1.82, 2.24) is 0 Å². The number of rotatable bonds is 2. The zero-order valence-electron chi connectivity index (χ0n) is 8.55. The quantitative estimate of drug-likeness (QED) is 0.863. The molecule has 0 aliphatic heterocycles. The van der Waals surface area contributed by atoms with Crippen LogP contribution < -0.4 is 5.73 Å². The zero-order chi connectivity index (χ0) is 10.8. The van der Waals surface area contributed by atoms with Gasteiger partial charge in [-0.25, -0.2) is 0 Å². The van der Waals surface area contributed by atoms with E-state index in [-0.39, 0.29) is 6.04 Å². The molecule has 3 heteroatoms. The van der Waals surface area contributed by atoms with Crippen LogP contribution in [0.4, 0.5) is 0 Å². The lowest BCUT2D eigenvalue weighted by molar-refractivity contribution is 0.444. The molecule has 0 aromatic heterocycles. The highest BCUT2D eigenvalue weighted by Crippen LogP contribution is 2.37. The SMILES string of the molecule is NC(c1ccc(Cl)cc1Br)C1CCCC1. The number of nitrogens with two attached hydrogens (primary N) is 1. The molecule has 1 aliphatic carbocycles. The Morgan fingerprint density at radius 1 is 1.33 bits per heavy atom. The third-order valence-corrected chi connectivity index (χ3v) is 4.15. The van der Waals surface area contributed by atoms with Crippen molar-refractivity contribution in [3.8, 4) is 0 Å². The Labute approximate surface area is 104 Å². The second-order valence-electron chi connectivity index (χ2n) is 4.24. The fourth-order valence-electron chi connectivity index (χ4n) is 2.34. The number of halogens is 2. The molecule has 2 rings (SSSR count). The summed E-state index contributed by atoms with van der Waals surface area (Å²) in [5, 5.41) is 0.754. The van der Waals surface area contributed by atoms with Gasteiger partial charge in [0.25, 0.3) is 0 Å². The maximum Gasteiger partial charge on any atom is 0.0417 e. The van der Waals surface area contributed by atoms with Crippen molar-refractivity contribution in [1.29, 1.82) is 0 Å². The first-order valence-corrected chi connectivity index (χ1v) is 6.56. The summed E-state index contributed by atoms with van der Waals surface area (Å²) in [7, 11) is 0. The molecule has 0 amide bonds. The van der Waals surface area contributed by atoms with Crippen molar-refractivity contribution >= 4 is 27.5 Å². The van der Waals surface area contributed by atoms with E-state index in [0.717, 1.165) is 9.50 Å². The first-order chi connectivity index (χ1) is 7.18. The number of hydrogen-bond acceptors (Lipinski definition) is 1. The fraction of sp³-hybridized carbons (Fsp3) is 0.500. The molecule has 0 saturated heterocycles. The van der Waals surface area contributed by atoms with Gasteiger partial charge in [0.05, 0.1) is 0 Å². The lowest BCUT2D eigenvalue weighted by Gasteiger charge is -2.20. The summed E-state index contributed by atoms with van der Waals surface area (Å²) in [5.41, 5.74) is 7.46. The van der Waals surface area contributed by atoms with Crippen LogP contribution in [-0.2, 0) is 0 Å². The molecule has 82 valence electrons. The van der Waals surface area contributed by atoms with Crippen molar-refractivity contribution in [2.24, 2.45) is 11.7 Å². The lowest BCUT2D eigenvalue weighted by atomic mass is 9.93. The molecule has 1 nitrogen and oxygen atoms in total. The van der Waals surface area contributed by atoms with E-state index in [0.29, 0.717) is 5.92 Å². The Morgan fingerprint density at radius 3 is 2.60 bits per heavy atom. The van der Waals surface area contributed by atoms with Crippen LogP contribution >= 0.6 is 27.5 Å². The first kappa shape index (κ1) is 11.4. The Bertz CT molecular complexity index is 347. The van der Waals surface area contributed by atoms with E-state index in [1.165, 1.54) is 31.2 Å². The molecule has 1 unspecified atom stereocenters. The second-order valence-corrected chi connectivity index (χ2v) is 5.53. The van der Waals surface area contributed by atoms with Gasteiger partial charge >= 0.3 is 0 Å². The highest BCUT2D eigenvalue weighted by molar-refractivity contribution is 9.10. The monoisotopic (exact) mass is 287 g/mol. The van der Waals surface area contributed by atoms with Gasteiger partial charge in [0.1, 0.15) is 0 Å². The van der Waals surface area contributed by atoms with Crippen molar-refractivity contribution in [3.63, 3.8) is 0 Å². The maximum absolute atomic E-state index is 6.28. The van der Waals surface area contributed by atoms with Crippen LogP contribution in [0.2, 0.25) is 5.02 Å². The van der Waals surface area contributed by atoms with Gasteiger partial charge in [0.15, 0.2) is 0 Å². The molecule has 0 bridgehead atoms. The normalized spacial score (nSPS) is 19.4. The first-order valence-electron chi connectivity index (χ1n) is 5.39. The topological polar surface area (TPSA) is 26.0 Å². The Hall–Kier alpha value is -0.0500. The van der Waals surface area contributed by atoms with E-state index >= 15 is 0 Å². The van der Waals surface area contributed by atoms with Crippen LogP contribution in [0.5, 0.6) is 0 Å². The summed E-state index contributed by atoms with van der Waals surface area (Å²) in [4.78, 5) is 0. The molecule has 1 aliphatic rings. The van der Waals surface area contributed by atoms with Crippen LogP contribution in [0.25, 0.3) is 0 Å². The largest absolute Gasteiger partial charge is 0.324 e. The van der Waals surface area contributed by atoms with Crippen molar-refractivity contribution in [2.75, 3.05) is 0 Å². The molecular weight excluding hydrogens is 273 g/mol. The minimum atomic E-state index is 0.152. The fourth-order valence-corrected chi connectivity index (χ4v) is 3.29. The van der Waals surface area contributed by atoms with Gasteiger partial charge in [-0.2, -0.15) is 0 Å². The van der Waals surface area contributed by atoms with E-state index < -0.39 is 0 Å². The minimum absolute atomic E-state index is 0.152. The second kappa shape index (κ2) is 4.86. The van der Waals surface area contributed by atoms with Gasteiger partial charge in [-0.3, -0.25) is 0 Å². The van der Waals surface area contributed by atoms with E-state index in [9.17, 15) is 0 Å². The Morgan fingerprint density at radius 2 is 2.00 bits per heavy atom. The highest BCUT2D eigenvalue weighted by atomic mass is 79.9. The van der Waals surface area contributed by atoms with Gasteiger partial charge < -0.3 is 5.73 Å². The average molecular weight is 289 g/mol. The smallest absolute Gasteiger partial charge is 0.0417 e. The van der Waals surface area contributed by atoms with Crippen molar-refractivity contribution < 1.29 is 0 Å². The molecule has 1 atom stereocenters. The summed E-state index contributed by atoms with van der Waals surface area (Å²) in [6, 6.07) is 6.02. The zero-order valence-corrected chi connectivity index (χ0v) is 10.9. The summed E-state index contributed by atoms with van der Waals surface area (Å²) < 4.78 is 1.04. The molecular formula is C12H15BrClN. The molecule has 1 aromatic carbocycles.